The number of aromatic nitrogens is 5. The number of ether oxygens (including phenoxy) is 1. The number of hydrogen-bond acceptors (Lipinski definition) is 5. The molecule has 0 fully saturated rings. The highest BCUT2D eigenvalue weighted by Crippen LogP contribution is 2.25. The molecule has 19 heavy (non-hydrogen) atoms. The number of hydrogen-bond donors (Lipinski definition) is 2. The van der Waals surface area contributed by atoms with E-state index < -0.39 is 0 Å². The Bertz CT molecular complexity index is 602. The van der Waals surface area contributed by atoms with Crippen molar-refractivity contribution in [3.63, 3.8) is 0 Å². The molecular weight excluding hydrogens is 262 g/mol. The molecule has 0 saturated carbocycles. The smallest absolute Gasteiger partial charge is 0.190 e. The first-order valence-electron chi connectivity index (χ1n) is 5.92. The van der Waals surface area contributed by atoms with Crippen LogP contribution in [-0.4, -0.2) is 32.0 Å². The molecule has 7 heteroatoms. The van der Waals surface area contributed by atoms with Gasteiger partial charge in [-0.25, -0.2) is 4.98 Å². The van der Waals surface area contributed by atoms with Crippen molar-refractivity contribution in [2.24, 2.45) is 0 Å². The zero-order valence-electron chi connectivity index (χ0n) is 10.2. The molecular formula is C12H13N5OS. The molecule has 98 valence electrons. The average molecular weight is 275 g/mol. The molecule has 0 aliphatic carbocycles. The first-order chi connectivity index (χ1) is 9.42. The monoisotopic (exact) mass is 275 g/mol. The molecule has 0 aromatic carbocycles. The van der Waals surface area contributed by atoms with Crippen molar-refractivity contribution in [1.82, 2.24) is 25.4 Å². The van der Waals surface area contributed by atoms with Gasteiger partial charge < -0.3 is 4.74 Å². The van der Waals surface area contributed by atoms with Crippen LogP contribution in [0.15, 0.2) is 30.9 Å². The van der Waals surface area contributed by atoms with Gasteiger partial charge in [0.1, 0.15) is 6.33 Å². The second kappa shape index (κ2) is 5.77. The fourth-order valence-electron chi connectivity index (χ4n) is 1.68. The normalized spacial score (nSPS) is 10.9. The summed E-state index contributed by atoms with van der Waals surface area (Å²) in [6.45, 7) is 1.31. The van der Waals surface area contributed by atoms with Crippen LogP contribution in [0.25, 0.3) is 10.7 Å². The summed E-state index contributed by atoms with van der Waals surface area (Å²) in [5, 5.41) is 13.4. The van der Waals surface area contributed by atoms with Crippen LogP contribution >= 0.6 is 11.3 Å². The van der Waals surface area contributed by atoms with Crippen LogP contribution in [0.3, 0.4) is 0 Å². The molecule has 2 N–H and O–H groups in total. The lowest BCUT2D eigenvalue weighted by Crippen LogP contribution is -1.96. The summed E-state index contributed by atoms with van der Waals surface area (Å²) in [6, 6.07) is 4.07. The third-order valence-corrected chi connectivity index (χ3v) is 3.69. The average Bonchev–Trinajstić information content (AvgIpc) is 3.15. The van der Waals surface area contributed by atoms with Crippen molar-refractivity contribution in [3.8, 4) is 10.7 Å². The predicted molar refractivity (Wildman–Crippen MR) is 71.6 cm³/mol. The van der Waals surface area contributed by atoms with E-state index in [-0.39, 0.29) is 0 Å². The summed E-state index contributed by atoms with van der Waals surface area (Å²) in [5.74, 6) is 0.731. The highest BCUT2D eigenvalue weighted by Gasteiger charge is 2.06. The van der Waals surface area contributed by atoms with E-state index in [1.807, 2.05) is 24.5 Å². The molecule has 0 amide bonds. The Kier molecular flexibility index (Phi) is 3.66. The lowest BCUT2D eigenvalue weighted by molar-refractivity contribution is 0.126. The number of nitrogens with zero attached hydrogens (tertiary/aromatic N) is 3. The van der Waals surface area contributed by atoms with Gasteiger partial charge in [0.2, 0.25) is 0 Å². The summed E-state index contributed by atoms with van der Waals surface area (Å²) in [4.78, 5) is 6.35. The molecule has 0 bridgehead atoms. The second-order valence-corrected chi connectivity index (χ2v) is 5.17. The van der Waals surface area contributed by atoms with Gasteiger partial charge in [-0.3, -0.25) is 10.2 Å². The number of nitrogens with one attached hydrogen (secondary N) is 2. The van der Waals surface area contributed by atoms with Gasteiger partial charge in [0.25, 0.3) is 0 Å². The highest BCUT2D eigenvalue weighted by molar-refractivity contribution is 7.15. The predicted octanol–water partition coefficient (Wildman–Crippen LogP) is 2.02. The Labute approximate surface area is 113 Å². The molecule has 3 heterocycles. The topological polar surface area (TPSA) is 79.5 Å². The summed E-state index contributed by atoms with van der Waals surface area (Å²) in [6.07, 6.45) is 6.15. The minimum absolute atomic E-state index is 0.618. The maximum Gasteiger partial charge on any atom is 0.190 e. The Hall–Kier alpha value is -1.99. The van der Waals surface area contributed by atoms with Crippen LogP contribution < -0.4 is 0 Å². The molecule has 6 nitrogen and oxygen atoms in total. The summed E-state index contributed by atoms with van der Waals surface area (Å²) in [7, 11) is 0. The van der Waals surface area contributed by atoms with Gasteiger partial charge in [0.05, 0.1) is 24.3 Å². The fraction of sp³-hybridized carbons (Fsp3) is 0.250. The van der Waals surface area contributed by atoms with Gasteiger partial charge in [0, 0.05) is 11.1 Å². The Morgan fingerprint density at radius 3 is 3.05 bits per heavy atom. The zero-order valence-corrected chi connectivity index (χ0v) is 11.0. The van der Waals surface area contributed by atoms with Crippen LogP contribution in [-0.2, 0) is 17.8 Å². The molecule has 0 aliphatic rings. The molecule has 3 aromatic heterocycles. The molecule has 0 radical (unpaired) electrons. The van der Waals surface area contributed by atoms with E-state index in [0.717, 1.165) is 22.7 Å². The first kappa shape index (κ1) is 12.1. The number of thiophene rings is 1. The summed E-state index contributed by atoms with van der Waals surface area (Å²) < 4.78 is 5.64. The first-order valence-corrected chi connectivity index (χ1v) is 6.74. The van der Waals surface area contributed by atoms with Crippen molar-refractivity contribution in [2.75, 3.05) is 6.61 Å². The fourth-order valence-corrected chi connectivity index (χ4v) is 2.57. The standard InChI is InChI=1S/C12H13N5OS/c1-2-11(12-13-8-16-17-12)19-10(1)7-18-4-3-9-5-14-15-6-9/h1-2,5-6,8H,3-4,7H2,(H,14,15)(H,13,16,17). The van der Waals surface area contributed by atoms with Gasteiger partial charge in [-0.2, -0.15) is 10.2 Å². The lowest BCUT2D eigenvalue weighted by Gasteiger charge is -2.00. The molecule has 0 saturated heterocycles. The van der Waals surface area contributed by atoms with Gasteiger partial charge in [-0.05, 0) is 24.1 Å². The van der Waals surface area contributed by atoms with E-state index >= 15 is 0 Å². The van der Waals surface area contributed by atoms with Gasteiger partial charge in [-0.1, -0.05) is 0 Å². The van der Waals surface area contributed by atoms with Gasteiger partial charge >= 0.3 is 0 Å². The Morgan fingerprint density at radius 2 is 2.26 bits per heavy atom. The highest BCUT2D eigenvalue weighted by atomic mass is 32.1. The van der Waals surface area contributed by atoms with Crippen LogP contribution in [0, 0.1) is 0 Å². The van der Waals surface area contributed by atoms with Crippen molar-refractivity contribution in [1.29, 1.82) is 0 Å². The van der Waals surface area contributed by atoms with E-state index in [2.05, 4.69) is 25.4 Å². The molecule has 3 rings (SSSR count). The Morgan fingerprint density at radius 1 is 1.26 bits per heavy atom. The zero-order chi connectivity index (χ0) is 12.9. The third kappa shape index (κ3) is 3.07. The minimum atomic E-state index is 0.618. The van der Waals surface area contributed by atoms with E-state index in [1.54, 1.807) is 17.7 Å². The SMILES string of the molecule is c1nc(-c2ccc(COCCc3cn[nH]c3)s2)n[nH]1. The molecule has 0 spiro atoms. The summed E-state index contributed by atoms with van der Waals surface area (Å²) in [5.41, 5.74) is 1.16. The maximum atomic E-state index is 5.64. The third-order valence-electron chi connectivity index (χ3n) is 2.63. The number of rotatable bonds is 6. The Balaban J connectivity index is 1.48. The van der Waals surface area contributed by atoms with E-state index in [9.17, 15) is 0 Å². The minimum Gasteiger partial charge on any atom is -0.376 e. The number of aromatic amines is 2. The van der Waals surface area contributed by atoms with E-state index in [0.29, 0.717) is 13.2 Å². The van der Waals surface area contributed by atoms with Crippen LogP contribution in [0.4, 0.5) is 0 Å². The second-order valence-electron chi connectivity index (χ2n) is 4.00. The molecule has 0 aliphatic heterocycles. The van der Waals surface area contributed by atoms with Crippen molar-refractivity contribution in [3.05, 3.63) is 41.3 Å². The number of H-pyrrole nitrogens is 2. The molecule has 0 atom stereocenters. The van der Waals surface area contributed by atoms with E-state index in [4.69, 9.17) is 4.74 Å². The van der Waals surface area contributed by atoms with Crippen LogP contribution in [0.2, 0.25) is 0 Å². The van der Waals surface area contributed by atoms with Gasteiger partial charge in [-0.15, -0.1) is 11.3 Å². The van der Waals surface area contributed by atoms with Crippen LogP contribution in [0.1, 0.15) is 10.4 Å². The molecule has 3 aromatic rings. The van der Waals surface area contributed by atoms with Crippen molar-refractivity contribution in [2.45, 2.75) is 13.0 Å². The van der Waals surface area contributed by atoms with Gasteiger partial charge in [0.15, 0.2) is 5.82 Å². The lowest BCUT2D eigenvalue weighted by atomic mass is 10.3. The van der Waals surface area contributed by atoms with E-state index in [1.165, 1.54) is 4.88 Å². The summed E-state index contributed by atoms with van der Waals surface area (Å²) >= 11 is 1.65. The van der Waals surface area contributed by atoms with Crippen molar-refractivity contribution < 1.29 is 4.74 Å². The van der Waals surface area contributed by atoms with Crippen LogP contribution in [0.5, 0.6) is 0 Å². The maximum absolute atomic E-state index is 5.64. The largest absolute Gasteiger partial charge is 0.376 e. The van der Waals surface area contributed by atoms with Crippen molar-refractivity contribution >= 4 is 11.3 Å². The quantitative estimate of drug-likeness (QED) is 0.674. The molecule has 0 unspecified atom stereocenters.